The predicted octanol–water partition coefficient (Wildman–Crippen LogP) is 4.19. The Morgan fingerprint density at radius 1 is 1.19 bits per heavy atom. The summed E-state index contributed by atoms with van der Waals surface area (Å²) in [6.45, 7) is 0. The van der Waals surface area contributed by atoms with Crippen molar-refractivity contribution in [3.63, 3.8) is 0 Å². The van der Waals surface area contributed by atoms with Crippen molar-refractivity contribution in [2.45, 2.75) is 31.0 Å². The Morgan fingerprint density at radius 2 is 1.75 bits per heavy atom. The summed E-state index contributed by atoms with van der Waals surface area (Å²) in [7, 11) is 0. The monoisotopic (exact) mass is 314 g/mol. The maximum atomic E-state index is 12.9. The summed E-state index contributed by atoms with van der Waals surface area (Å²) < 4.78 is 72.9. The van der Waals surface area contributed by atoms with Crippen LogP contribution in [0.1, 0.15) is 12.8 Å². The van der Waals surface area contributed by atoms with E-state index in [0.717, 1.165) is 0 Å². The van der Waals surface area contributed by atoms with Crippen LogP contribution in [0.4, 0.5) is 26.5 Å². The molecule has 0 bridgehead atoms. The number of alkyl halides is 6. The summed E-state index contributed by atoms with van der Waals surface area (Å²) in [4.78, 5) is 2.12. The predicted molar refractivity (Wildman–Crippen MR) is 49.2 cm³/mol. The van der Waals surface area contributed by atoms with E-state index in [1.165, 1.54) is 12.2 Å². The fourth-order valence-corrected chi connectivity index (χ4v) is 1.14. The normalized spacial score (nSPS) is 18.7. The average molecular weight is 315 g/mol. The first-order chi connectivity index (χ1) is 7.29. The molecule has 0 saturated heterocycles. The van der Waals surface area contributed by atoms with Crippen LogP contribution in [-0.4, -0.2) is 23.5 Å². The summed E-state index contributed by atoms with van der Waals surface area (Å²) in [6, 6.07) is 0. The maximum absolute atomic E-state index is 12.9. The van der Waals surface area contributed by atoms with Crippen molar-refractivity contribution in [2.75, 3.05) is 5.33 Å². The molecule has 0 aliphatic heterocycles. The van der Waals surface area contributed by atoms with Crippen LogP contribution < -0.4 is 0 Å². The van der Waals surface area contributed by atoms with Gasteiger partial charge >= 0.3 is 12.0 Å². The van der Waals surface area contributed by atoms with Crippen molar-refractivity contribution in [1.82, 2.24) is 0 Å². The second-order valence-corrected chi connectivity index (χ2v) is 3.54. The molecule has 2 unspecified atom stereocenters. The Morgan fingerprint density at radius 3 is 2.12 bits per heavy atom. The van der Waals surface area contributed by atoms with Crippen LogP contribution in [0.2, 0.25) is 0 Å². The lowest BCUT2D eigenvalue weighted by atomic mass is 10.1. The van der Waals surface area contributed by atoms with Crippen LogP contribution in [-0.2, 0) is 4.94 Å². The second kappa shape index (κ2) is 6.48. The lowest BCUT2D eigenvalue weighted by molar-refractivity contribution is -0.418. The molecule has 0 aliphatic rings. The molecule has 0 aromatic rings. The van der Waals surface area contributed by atoms with Gasteiger partial charge in [0.2, 0.25) is 0 Å². The van der Waals surface area contributed by atoms with Crippen molar-refractivity contribution < 1.29 is 31.4 Å². The molecule has 0 aliphatic carbocycles. The van der Waals surface area contributed by atoms with Crippen molar-refractivity contribution in [1.29, 1.82) is 0 Å². The minimum absolute atomic E-state index is 0.155. The van der Waals surface area contributed by atoms with Crippen LogP contribution in [0.25, 0.3) is 0 Å². The topological polar surface area (TPSA) is 9.23 Å². The van der Waals surface area contributed by atoms with Crippen molar-refractivity contribution in [3.8, 4) is 0 Å². The van der Waals surface area contributed by atoms with E-state index in [2.05, 4.69) is 20.9 Å². The van der Waals surface area contributed by atoms with E-state index in [0.29, 0.717) is 5.33 Å². The molecule has 0 radical (unpaired) electrons. The van der Waals surface area contributed by atoms with E-state index in [-0.39, 0.29) is 6.42 Å². The van der Waals surface area contributed by atoms with Crippen molar-refractivity contribution >= 4 is 15.9 Å². The zero-order valence-electron chi connectivity index (χ0n) is 7.91. The fourth-order valence-electron chi connectivity index (χ4n) is 0.879. The van der Waals surface area contributed by atoms with Gasteiger partial charge in [-0.1, -0.05) is 28.1 Å². The lowest BCUT2D eigenvalue weighted by Gasteiger charge is -2.25. The van der Waals surface area contributed by atoms with Gasteiger partial charge in [-0.15, -0.1) is 4.94 Å². The van der Waals surface area contributed by atoms with Crippen LogP contribution in [0.3, 0.4) is 0 Å². The molecule has 0 rings (SSSR count). The van der Waals surface area contributed by atoms with Crippen LogP contribution in [0, 0.1) is 0 Å². The second-order valence-electron chi connectivity index (χ2n) is 2.89. The highest BCUT2D eigenvalue weighted by molar-refractivity contribution is 9.09. The van der Waals surface area contributed by atoms with Gasteiger partial charge in [0.1, 0.15) is 0 Å². The van der Waals surface area contributed by atoms with Gasteiger partial charge in [0.15, 0.2) is 6.17 Å². The molecule has 0 spiro atoms. The third-order valence-electron chi connectivity index (χ3n) is 1.74. The Kier molecular flexibility index (Phi) is 6.39. The summed E-state index contributed by atoms with van der Waals surface area (Å²) >= 11 is 2.98. The molecule has 0 aromatic heterocycles. The molecular weight excluding hydrogens is 306 g/mol. The quantitative estimate of drug-likeness (QED) is 0.406. The molecule has 0 aromatic carbocycles. The van der Waals surface area contributed by atoms with E-state index >= 15 is 0 Å². The van der Waals surface area contributed by atoms with Gasteiger partial charge in [-0.2, -0.15) is 17.6 Å². The maximum Gasteiger partial charge on any atom is 0.454 e. The Balaban J connectivity index is 4.42. The standard InChI is InChI=1S/C8H9BrF6O/c9-5-3-1-2-4-6(10)7(11,16-15)8(12,13)14/h1,3,6H,2,4-5H2/b3-1+. The molecule has 0 saturated carbocycles. The van der Waals surface area contributed by atoms with Crippen molar-refractivity contribution in [3.05, 3.63) is 12.2 Å². The van der Waals surface area contributed by atoms with Crippen LogP contribution in [0.5, 0.6) is 0 Å². The fraction of sp³-hybridized carbons (Fsp3) is 0.750. The average Bonchev–Trinajstić information content (AvgIpc) is 2.21. The van der Waals surface area contributed by atoms with Crippen molar-refractivity contribution in [2.24, 2.45) is 0 Å². The zero-order chi connectivity index (χ0) is 12.8. The van der Waals surface area contributed by atoms with Crippen LogP contribution >= 0.6 is 15.9 Å². The largest absolute Gasteiger partial charge is 0.454 e. The van der Waals surface area contributed by atoms with Crippen LogP contribution in [0.15, 0.2) is 12.2 Å². The zero-order valence-corrected chi connectivity index (χ0v) is 9.49. The van der Waals surface area contributed by atoms with Gasteiger partial charge in [0.25, 0.3) is 0 Å². The summed E-state index contributed by atoms with van der Waals surface area (Å²) in [5.41, 5.74) is 0. The highest BCUT2D eigenvalue weighted by atomic mass is 79.9. The molecule has 16 heavy (non-hydrogen) atoms. The first-order valence-electron chi connectivity index (χ1n) is 4.20. The van der Waals surface area contributed by atoms with Gasteiger partial charge in [-0.3, -0.25) is 0 Å². The third-order valence-corrected chi connectivity index (χ3v) is 2.12. The van der Waals surface area contributed by atoms with Gasteiger partial charge < -0.3 is 0 Å². The first kappa shape index (κ1) is 15.8. The number of allylic oxidation sites excluding steroid dienone is 2. The molecule has 0 N–H and O–H groups in total. The van der Waals surface area contributed by atoms with Gasteiger partial charge in [-0.05, 0) is 17.4 Å². The molecule has 0 fully saturated rings. The van der Waals surface area contributed by atoms with E-state index in [1.807, 2.05) is 0 Å². The Bertz CT molecular complexity index is 231. The molecule has 8 heteroatoms. The first-order valence-corrected chi connectivity index (χ1v) is 5.32. The molecule has 1 nitrogen and oxygen atoms in total. The minimum Gasteiger partial charge on any atom is -0.241 e. The smallest absolute Gasteiger partial charge is 0.241 e. The van der Waals surface area contributed by atoms with E-state index in [4.69, 9.17) is 0 Å². The van der Waals surface area contributed by atoms with E-state index < -0.39 is 24.6 Å². The van der Waals surface area contributed by atoms with Gasteiger partial charge in [0, 0.05) is 5.33 Å². The Hall–Kier alpha value is -0.240. The number of hydrogen-bond acceptors (Lipinski definition) is 1. The summed E-state index contributed by atoms with van der Waals surface area (Å²) in [6.07, 6.45) is -7.01. The number of halogens is 7. The van der Waals surface area contributed by atoms with Gasteiger partial charge in [-0.25, -0.2) is 4.39 Å². The van der Waals surface area contributed by atoms with E-state index in [1.54, 1.807) is 0 Å². The molecule has 0 heterocycles. The number of hydrogen-bond donors (Lipinski definition) is 0. The molecule has 0 amide bonds. The highest BCUT2D eigenvalue weighted by Crippen LogP contribution is 2.41. The lowest BCUT2D eigenvalue weighted by Crippen LogP contribution is -2.49. The van der Waals surface area contributed by atoms with Gasteiger partial charge in [0.05, 0.1) is 0 Å². The molecular formula is C8H9BrF6O. The third kappa shape index (κ3) is 3.97. The SMILES string of the molecule is FOC(F)(C(F)CC/C=C/CBr)C(F)(F)F. The minimum atomic E-state index is -5.75. The molecule has 96 valence electrons. The summed E-state index contributed by atoms with van der Waals surface area (Å²) in [5.74, 6) is -4.89. The summed E-state index contributed by atoms with van der Waals surface area (Å²) in [5, 5.41) is 0.434. The van der Waals surface area contributed by atoms with E-state index in [9.17, 15) is 26.5 Å². The number of rotatable bonds is 6. The highest BCUT2D eigenvalue weighted by Gasteiger charge is 2.64. The molecule has 2 atom stereocenters. The Labute approximate surface area is 96.5 Å².